The van der Waals surface area contributed by atoms with Gasteiger partial charge in [0.1, 0.15) is 11.6 Å². The molecule has 3 rings (SSSR count). The van der Waals surface area contributed by atoms with Crippen molar-refractivity contribution in [3.63, 3.8) is 0 Å². The van der Waals surface area contributed by atoms with Gasteiger partial charge in [-0.05, 0) is 55.7 Å². The van der Waals surface area contributed by atoms with Gasteiger partial charge < -0.3 is 14.6 Å². The number of rotatable bonds is 15. The van der Waals surface area contributed by atoms with Gasteiger partial charge in [-0.25, -0.2) is 4.98 Å². The van der Waals surface area contributed by atoms with Crippen molar-refractivity contribution < 1.29 is 9.53 Å². The number of hydrogen-bond acceptors (Lipinski definition) is 3. The highest BCUT2D eigenvalue weighted by Gasteiger charge is 2.10. The molecule has 33 heavy (non-hydrogen) atoms. The summed E-state index contributed by atoms with van der Waals surface area (Å²) in [4.78, 5) is 16.9. The molecule has 5 nitrogen and oxygen atoms in total. The fourth-order valence-corrected chi connectivity index (χ4v) is 4.11. The summed E-state index contributed by atoms with van der Waals surface area (Å²) >= 11 is 5.85. The maximum atomic E-state index is 12.0. The van der Waals surface area contributed by atoms with E-state index in [-0.39, 0.29) is 12.5 Å². The van der Waals surface area contributed by atoms with E-state index in [2.05, 4.69) is 41.1 Å². The minimum atomic E-state index is -0.102. The predicted molar refractivity (Wildman–Crippen MR) is 136 cm³/mol. The lowest BCUT2D eigenvalue weighted by atomic mass is 10.1. The number of unbranched alkanes of at least 4 members (excludes halogenated alkanes) is 6. The van der Waals surface area contributed by atoms with Crippen LogP contribution >= 0.6 is 11.6 Å². The molecule has 1 heterocycles. The topological polar surface area (TPSA) is 56.2 Å². The Hall–Kier alpha value is -2.53. The molecule has 0 saturated carbocycles. The number of aromatic nitrogens is 2. The Morgan fingerprint density at radius 1 is 0.970 bits per heavy atom. The molecule has 6 heteroatoms. The van der Waals surface area contributed by atoms with E-state index < -0.39 is 0 Å². The van der Waals surface area contributed by atoms with Gasteiger partial charge in [0.25, 0.3) is 5.91 Å². The second kappa shape index (κ2) is 13.9. The van der Waals surface area contributed by atoms with E-state index in [0.29, 0.717) is 17.3 Å². The normalized spacial score (nSPS) is 11.1. The molecule has 0 spiro atoms. The fraction of sp³-hybridized carbons (Fsp3) is 0.481. The van der Waals surface area contributed by atoms with Crippen molar-refractivity contribution in [3.05, 3.63) is 59.4 Å². The Morgan fingerprint density at radius 2 is 1.73 bits per heavy atom. The zero-order valence-corrected chi connectivity index (χ0v) is 20.4. The van der Waals surface area contributed by atoms with Crippen molar-refractivity contribution in [1.29, 1.82) is 0 Å². The Bertz CT molecular complexity index is 985. The molecule has 1 amide bonds. The average Bonchev–Trinajstić information content (AvgIpc) is 3.18. The molecule has 0 atom stereocenters. The predicted octanol–water partition coefficient (Wildman–Crippen LogP) is 6.57. The van der Waals surface area contributed by atoms with Gasteiger partial charge in [-0.2, -0.15) is 0 Å². The highest BCUT2D eigenvalue weighted by atomic mass is 35.5. The van der Waals surface area contributed by atoms with E-state index in [1.165, 1.54) is 43.4 Å². The molecule has 0 aliphatic carbocycles. The van der Waals surface area contributed by atoms with Crippen LogP contribution < -0.4 is 10.1 Å². The third-order valence-electron chi connectivity index (χ3n) is 5.80. The van der Waals surface area contributed by atoms with Crippen LogP contribution in [0.5, 0.6) is 5.75 Å². The third-order valence-corrected chi connectivity index (χ3v) is 6.05. The van der Waals surface area contributed by atoms with Crippen molar-refractivity contribution in [2.75, 3.05) is 13.2 Å². The number of imidazole rings is 1. The van der Waals surface area contributed by atoms with E-state index in [4.69, 9.17) is 21.3 Å². The minimum Gasteiger partial charge on any atom is -0.484 e. The van der Waals surface area contributed by atoms with Gasteiger partial charge in [0, 0.05) is 24.5 Å². The van der Waals surface area contributed by atoms with Crippen molar-refractivity contribution in [1.82, 2.24) is 14.9 Å². The number of fused-ring (bicyclic) bond motifs is 1. The van der Waals surface area contributed by atoms with Crippen LogP contribution in [0.15, 0.2) is 48.5 Å². The molecular formula is C27H36ClN3O2. The number of hydrogen-bond donors (Lipinski definition) is 1. The zero-order chi connectivity index (χ0) is 23.3. The maximum Gasteiger partial charge on any atom is 0.257 e. The summed E-state index contributed by atoms with van der Waals surface area (Å²) in [6.07, 6.45) is 10.4. The van der Waals surface area contributed by atoms with Gasteiger partial charge in [-0.15, -0.1) is 0 Å². The van der Waals surface area contributed by atoms with Crippen LogP contribution in [-0.4, -0.2) is 28.6 Å². The van der Waals surface area contributed by atoms with Crippen LogP contribution in [0.25, 0.3) is 11.0 Å². The quantitative estimate of drug-likeness (QED) is 0.256. The monoisotopic (exact) mass is 469 g/mol. The van der Waals surface area contributed by atoms with E-state index in [1.807, 2.05) is 0 Å². The van der Waals surface area contributed by atoms with E-state index >= 15 is 0 Å². The molecule has 0 aliphatic rings. The number of carbonyl (C=O) groups is 1. The number of halogens is 1. The molecule has 178 valence electrons. The number of amides is 1. The smallest absolute Gasteiger partial charge is 0.257 e. The van der Waals surface area contributed by atoms with Crippen molar-refractivity contribution in [3.8, 4) is 5.75 Å². The summed E-state index contributed by atoms with van der Waals surface area (Å²) < 4.78 is 7.89. The second-order valence-corrected chi connectivity index (χ2v) is 8.92. The number of ether oxygens (including phenoxy) is 1. The van der Waals surface area contributed by atoms with Gasteiger partial charge >= 0.3 is 0 Å². The largest absolute Gasteiger partial charge is 0.484 e. The summed E-state index contributed by atoms with van der Waals surface area (Å²) in [6.45, 7) is 3.98. The van der Waals surface area contributed by atoms with Gasteiger partial charge in [-0.1, -0.05) is 62.8 Å². The number of nitrogens with one attached hydrogen (secondary N) is 1. The minimum absolute atomic E-state index is 0.0178. The van der Waals surface area contributed by atoms with Gasteiger partial charge in [-0.3, -0.25) is 4.79 Å². The first-order valence-corrected chi connectivity index (χ1v) is 12.6. The summed E-state index contributed by atoms with van der Waals surface area (Å²) in [5, 5.41) is 3.58. The Kier molecular flexibility index (Phi) is 10.6. The highest BCUT2D eigenvalue weighted by Crippen LogP contribution is 2.19. The summed E-state index contributed by atoms with van der Waals surface area (Å²) in [5.74, 6) is 1.73. The summed E-state index contributed by atoms with van der Waals surface area (Å²) in [7, 11) is 0. The van der Waals surface area contributed by atoms with Crippen LogP contribution in [-0.2, 0) is 17.8 Å². The summed E-state index contributed by atoms with van der Waals surface area (Å²) in [5.41, 5.74) is 2.34. The fourth-order valence-electron chi connectivity index (χ4n) is 3.98. The van der Waals surface area contributed by atoms with E-state index in [0.717, 1.165) is 37.7 Å². The van der Waals surface area contributed by atoms with Crippen LogP contribution in [0.3, 0.4) is 0 Å². The molecule has 0 saturated heterocycles. The molecule has 0 bridgehead atoms. The number of carbonyl (C=O) groups excluding carboxylic acids is 1. The molecule has 2 aromatic carbocycles. The Labute approximate surface area is 202 Å². The molecule has 3 aromatic rings. The lowest BCUT2D eigenvalue weighted by Gasteiger charge is -2.10. The van der Waals surface area contributed by atoms with Crippen molar-refractivity contribution in [2.45, 2.75) is 71.3 Å². The summed E-state index contributed by atoms with van der Waals surface area (Å²) in [6, 6.07) is 15.5. The standard InChI is InChI=1S/C27H36ClN3O2/c1-2-3-4-5-11-20-31-25-13-9-8-12-24(25)30-26(31)14-7-6-10-19-29-27(32)21-33-23-17-15-22(28)16-18-23/h8-9,12-13,15-18H,2-7,10-11,14,19-21H2,1H3,(H,29,32). The first-order chi connectivity index (χ1) is 16.2. The van der Waals surface area contributed by atoms with Crippen molar-refractivity contribution in [2.24, 2.45) is 0 Å². The molecule has 0 unspecified atom stereocenters. The third kappa shape index (κ3) is 8.39. The van der Waals surface area contributed by atoms with Gasteiger partial charge in [0.05, 0.1) is 11.0 Å². The lowest BCUT2D eigenvalue weighted by molar-refractivity contribution is -0.123. The first kappa shape index (κ1) is 25.1. The van der Waals surface area contributed by atoms with Crippen LogP contribution in [0.4, 0.5) is 0 Å². The van der Waals surface area contributed by atoms with E-state index in [1.54, 1.807) is 24.3 Å². The van der Waals surface area contributed by atoms with Gasteiger partial charge in [0.2, 0.25) is 0 Å². The molecule has 0 fully saturated rings. The van der Waals surface area contributed by atoms with Crippen molar-refractivity contribution >= 4 is 28.5 Å². The molecule has 0 aliphatic heterocycles. The van der Waals surface area contributed by atoms with Gasteiger partial charge in [0.15, 0.2) is 6.61 Å². The molecule has 1 N–H and O–H groups in total. The Balaban J connectivity index is 1.36. The number of para-hydroxylation sites is 2. The number of benzene rings is 2. The zero-order valence-electron chi connectivity index (χ0n) is 19.7. The van der Waals surface area contributed by atoms with Crippen LogP contribution in [0.1, 0.15) is 64.1 Å². The van der Waals surface area contributed by atoms with Crippen LogP contribution in [0.2, 0.25) is 5.02 Å². The molecule has 1 aromatic heterocycles. The molecule has 0 radical (unpaired) electrons. The van der Waals surface area contributed by atoms with Crippen LogP contribution in [0, 0.1) is 0 Å². The SMILES string of the molecule is CCCCCCCn1c(CCCCCNC(=O)COc2ccc(Cl)cc2)nc2ccccc21. The second-order valence-electron chi connectivity index (χ2n) is 8.49. The van der Waals surface area contributed by atoms with E-state index in [9.17, 15) is 4.79 Å². The maximum absolute atomic E-state index is 12.0. The lowest BCUT2D eigenvalue weighted by Crippen LogP contribution is -2.29. The molecular weight excluding hydrogens is 434 g/mol. The highest BCUT2D eigenvalue weighted by molar-refractivity contribution is 6.30. The first-order valence-electron chi connectivity index (χ1n) is 12.3. The average molecular weight is 470 g/mol. The number of aryl methyl sites for hydroxylation is 2. The Morgan fingerprint density at radius 3 is 2.55 bits per heavy atom. The number of nitrogens with zero attached hydrogens (tertiary/aromatic N) is 2.